The van der Waals surface area contributed by atoms with Crippen molar-refractivity contribution < 1.29 is 0 Å². The van der Waals surface area contributed by atoms with Crippen LogP contribution in [0.5, 0.6) is 0 Å². The Morgan fingerprint density at radius 3 is 2.33 bits per heavy atom. The molecule has 6 rings (SSSR count). The van der Waals surface area contributed by atoms with Crippen LogP contribution in [-0.4, -0.2) is 12.6 Å². The predicted molar refractivity (Wildman–Crippen MR) is 128 cm³/mol. The lowest BCUT2D eigenvalue weighted by molar-refractivity contribution is -0.00275. The van der Waals surface area contributed by atoms with Gasteiger partial charge in [-0.25, -0.2) is 0 Å². The van der Waals surface area contributed by atoms with E-state index in [1.807, 2.05) is 0 Å². The van der Waals surface area contributed by atoms with Crippen LogP contribution >= 0.6 is 11.6 Å². The van der Waals surface area contributed by atoms with E-state index in [1.165, 1.54) is 81.8 Å². The first-order valence-electron chi connectivity index (χ1n) is 12.8. The molecule has 1 atom stereocenters. The maximum absolute atomic E-state index is 6.91. The van der Waals surface area contributed by atoms with Gasteiger partial charge in [-0.2, -0.15) is 0 Å². The van der Waals surface area contributed by atoms with Gasteiger partial charge >= 0.3 is 0 Å². The molecular weight excluding hydrogens is 386 g/mol. The molecule has 0 aromatic heterocycles. The molecule has 5 saturated carbocycles. The van der Waals surface area contributed by atoms with Gasteiger partial charge in [0.2, 0.25) is 0 Å². The standard InChI is InChI=1S/C28H40ClN/c1-2-25(30-11-10-19-6-4-3-5-7-19)17-20-8-9-26(27(29)18-20)28-23-13-21-12-22(15-23)16-24(28)14-21/h2,8-9,18-19,21-25,28,30H,1,3-7,10-17H2. The number of nitrogens with one attached hydrogen (secondary N) is 1. The normalized spacial score (nSPS) is 34.2. The van der Waals surface area contributed by atoms with E-state index < -0.39 is 0 Å². The average molecular weight is 426 g/mol. The number of rotatable bonds is 8. The van der Waals surface area contributed by atoms with Crippen molar-refractivity contribution in [1.29, 1.82) is 0 Å². The molecule has 1 nitrogen and oxygen atoms in total. The van der Waals surface area contributed by atoms with Gasteiger partial charge in [0.1, 0.15) is 0 Å². The Kier molecular flexibility index (Phi) is 6.58. The first-order valence-corrected chi connectivity index (χ1v) is 13.2. The second-order valence-corrected chi connectivity index (χ2v) is 11.5. The summed E-state index contributed by atoms with van der Waals surface area (Å²) in [6, 6.07) is 7.34. The lowest BCUT2D eigenvalue weighted by Crippen LogP contribution is -2.43. The molecule has 0 aliphatic heterocycles. The van der Waals surface area contributed by atoms with Crippen LogP contribution in [0.2, 0.25) is 5.02 Å². The summed E-state index contributed by atoms with van der Waals surface area (Å²) in [7, 11) is 0. The summed E-state index contributed by atoms with van der Waals surface area (Å²) in [4.78, 5) is 0. The maximum Gasteiger partial charge on any atom is 0.0443 e. The van der Waals surface area contributed by atoms with E-state index in [0.29, 0.717) is 6.04 Å². The fourth-order valence-corrected chi connectivity index (χ4v) is 8.17. The van der Waals surface area contributed by atoms with Crippen molar-refractivity contribution in [1.82, 2.24) is 5.32 Å². The minimum absolute atomic E-state index is 0.344. The molecule has 0 radical (unpaired) electrons. The van der Waals surface area contributed by atoms with Crippen LogP contribution in [0, 0.1) is 29.6 Å². The molecule has 5 aliphatic carbocycles. The second kappa shape index (κ2) is 9.37. The van der Waals surface area contributed by atoms with Crippen molar-refractivity contribution in [2.45, 2.75) is 89.0 Å². The van der Waals surface area contributed by atoms with Gasteiger partial charge in [0.15, 0.2) is 0 Å². The molecule has 30 heavy (non-hydrogen) atoms. The summed E-state index contributed by atoms with van der Waals surface area (Å²) in [6.07, 6.45) is 18.9. The van der Waals surface area contributed by atoms with Crippen molar-refractivity contribution >= 4 is 11.6 Å². The zero-order valence-corrected chi connectivity index (χ0v) is 19.4. The summed E-state index contributed by atoms with van der Waals surface area (Å²) in [5.41, 5.74) is 2.80. The molecule has 1 unspecified atom stereocenters. The molecule has 5 fully saturated rings. The Morgan fingerprint density at radius 2 is 1.70 bits per heavy atom. The van der Waals surface area contributed by atoms with E-state index in [-0.39, 0.29) is 0 Å². The molecule has 1 N–H and O–H groups in total. The fourth-order valence-electron chi connectivity index (χ4n) is 7.84. The molecule has 0 spiro atoms. The summed E-state index contributed by atoms with van der Waals surface area (Å²) in [6.45, 7) is 5.20. The van der Waals surface area contributed by atoms with E-state index in [1.54, 1.807) is 0 Å². The van der Waals surface area contributed by atoms with Crippen molar-refractivity contribution in [2.24, 2.45) is 29.6 Å². The van der Waals surface area contributed by atoms with E-state index in [9.17, 15) is 0 Å². The Bertz CT molecular complexity index is 706. The molecule has 0 amide bonds. The quantitative estimate of drug-likeness (QED) is 0.424. The van der Waals surface area contributed by atoms with Crippen molar-refractivity contribution in [3.8, 4) is 0 Å². The lowest BCUT2D eigenvalue weighted by atomic mass is 9.51. The first kappa shape index (κ1) is 21.1. The van der Waals surface area contributed by atoms with Gasteiger partial charge < -0.3 is 5.32 Å². The van der Waals surface area contributed by atoms with Gasteiger partial charge in [-0.15, -0.1) is 6.58 Å². The molecule has 0 heterocycles. The lowest BCUT2D eigenvalue weighted by Gasteiger charge is -2.54. The van der Waals surface area contributed by atoms with Gasteiger partial charge in [0.25, 0.3) is 0 Å². The van der Waals surface area contributed by atoms with Crippen LogP contribution in [-0.2, 0) is 6.42 Å². The average Bonchev–Trinajstić information content (AvgIpc) is 2.74. The fraction of sp³-hybridized carbons (Fsp3) is 0.714. The Morgan fingerprint density at radius 1 is 1.00 bits per heavy atom. The zero-order chi connectivity index (χ0) is 20.5. The highest BCUT2D eigenvalue weighted by molar-refractivity contribution is 6.31. The third kappa shape index (κ3) is 4.53. The second-order valence-electron chi connectivity index (χ2n) is 11.1. The molecular formula is C28H40ClN. The van der Waals surface area contributed by atoms with Gasteiger partial charge in [0.05, 0.1) is 0 Å². The van der Waals surface area contributed by atoms with Crippen LogP contribution in [0.15, 0.2) is 30.9 Å². The zero-order valence-electron chi connectivity index (χ0n) is 18.6. The van der Waals surface area contributed by atoms with Gasteiger partial charge in [0, 0.05) is 11.1 Å². The number of hydrogen-bond acceptors (Lipinski definition) is 1. The Labute approximate surface area is 189 Å². The van der Waals surface area contributed by atoms with Crippen LogP contribution < -0.4 is 5.32 Å². The van der Waals surface area contributed by atoms with Gasteiger partial charge in [-0.3, -0.25) is 0 Å². The van der Waals surface area contributed by atoms with Gasteiger partial charge in [-0.05, 0) is 104 Å². The van der Waals surface area contributed by atoms with Crippen LogP contribution in [0.1, 0.15) is 87.7 Å². The SMILES string of the molecule is C=CC(Cc1ccc(C2C3CC4CC(C3)CC2C4)c(Cl)c1)NCCC1CCCCC1. The molecule has 1 aromatic carbocycles. The number of hydrogen-bond donors (Lipinski definition) is 1. The smallest absolute Gasteiger partial charge is 0.0443 e. The van der Waals surface area contributed by atoms with Crippen molar-refractivity contribution in [2.75, 3.05) is 6.54 Å². The topological polar surface area (TPSA) is 12.0 Å². The highest BCUT2D eigenvalue weighted by atomic mass is 35.5. The Hall–Kier alpha value is -0.790. The molecule has 0 saturated heterocycles. The summed E-state index contributed by atoms with van der Waals surface area (Å²) >= 11 is 6.91. The highest BCUT2D eigenvalue weighted by Gasteiger charge is 2.48. The minimum Gasteiger partial charge on any atom is -0.310 e. The van der Waals surface area contributed by atoms with Crippen LogP contribution in [0.25, 0.3) is 0 Å². The van der Waals surface area contributed by atoms with E-state index in [4.69, 9.17) is 11.6 Å². The van der Waals surface area contributed by atoms with Crippen molar-refractivity contribution in [3.63, 3.8) is 0 Å². The van der Waals surface area contributed by atoms with Crippen LogP contribution in [0.3, 0.4) is 0 Å². The van der Waals surface area contributed by atoms with Crippen LogP contribution in [0.4, 0.5) is 0 Å². The predicted octanol–water partition coefficient (Wildman–Crippen LogP) is 7.54. The monoisotopic (exact) mass is 425 g/mol. The summed E-state index contributed by atoms with van der Waals surface area (Å²) in [5.74, 6) is 5.50. The third-order valence-corrected chi connectivity index (χ3v) is 9.40. The number of halogens is 1. The summed E-state index contributed by atoms with van der Waals surface area (Å²) in [5, 5.41) is 4.77. The highest BCUT2D eigenvalue weighted by Crippen LogP contribution is 2.60. The van der Waals surface area contributed by atoms with Gasteiger partial charge in [-0.1, -0.05) is 61.9 Å². The first-order chi connectivity index (χ1) is 14.7. The largest absolute Gasteiger partial charge is 0.310 e. The van der Waals surface area contributed by atoms with E-state index >= 15 is 0 Å². The Balaban J connectivity index is 1.18. The minimum atomic E-state index is 0.344. The third-order valence-electron chi connectivity index (χ3n) is 9.07. The molecule has 164 valence electrons. The van der Waals surface area contributed by atoms with Crippen molar-refractivity contribution in [3.05, 3.63) is 47.0 Å². The summed E-state index contributed by atoms with van der Waals surface area (Å²) < 4.78 is 0. The molecule has 1 aromatic rings. The molecule has 5 aliphatic rings. The number of benzene rings is 1. The maximum atomic E-state index is 6.91. The molecule has 4 bridgehead atoms. The van der Waals surface area contributed by atoms with E-state index in [0.717, 1.165) is 53.5 Å². The van der Waals surface area contributed by atoms with E-state index in [2.05, 4.69) is 36.2 Å². The molecule has 2 heteroatoms.